The van der Waals surface area contributed by atoms with Crippen molar-refractivity contribution >= 4 is 23.2 Å². The van der Waals surface area contributed by atoms with Gasteiger partial charge in [0.25, 0.3) is 11.6 Å². The van der Waals surface area contributed by atoms with E-state index in [0.29, 0.717) is 19.5 Å². The standard InChI is InChI=1S/C12H15N5O4/c13-15-9-3-2-8(6-10(9)17(20)21)12(19)16-5-1-4-14-11(18)7-16/h2-3,6,15H,1,4-5,7,13H2,(H,14,18). The number of nitrogens with two attached hydrogens (primary N) is 1. The maximum absolute atomic E-state index is 12.3. The normalized spacial score (nSPS) is 15.1. The molecule has 1 aliphatic rings. The second kappa shape index (κ2) is 6.18. The smallest absolute Gasteiger partial charge is 0.294 e. The molecule has 0 unspecified atom stereocenters. The van der Waals surface area contributed by atoms with Gasteiger partial charge in [0.2, 0.25) is 5.91 Å². The van der Waals surface area contributed by atoms with Gasteiger partial charge in [0, 0.05) is 24.7 Å². The molecule has 1 heterocycles. The number of hydrazine groups is 1. The van der Waals surface area contributed by atoms with Crippen LogP contribution in [0.15, 0.2) is 18.2 Å². The Kier molecular flexibility index (Phi) is 4.33. The van der Waals surface area contributed by atoms with Gasteiger partial charge in [0.05, 0.1) is 11.5 Å². The Hall–Kier alpha value is -2.68. The van der Waals surface area contributed by atoms with Gasteiger partial charge in [-0.25, -0.2) is 0 Å². The molecule has 2 rings (SSSR count). The average Bonchev–Trinajstić information content (AvgIpc) is 2.70. The Morgan fingerprint density at radius 1 is 1.48 bits per heavy atom. The second-order valence-corrected chi connectivity index (χ2v) is 4.56. The number of anilines is 1. The van der Waals surface area contributed by atoms with Crippen LogP contribution in [0.5, 0.6) is 0 Å². The quantitative estimate of drug-likeness (QED) is 0.403. The predicted molar refractivity (Wildman–Crippen MR) is 74.4 cm³/mol. The summed E-state index contributed by atoms with van der Waals surface area (Å²) in [5, 5.41) is 13.6. The third kappa shape index (κ3) is 3.26. The summed E-state index contributed by atoms with van der Waals surface area (Å²) in [6, 6.07) is 3.96. The first-order valence-electron chi connectivity index (χ1n) is 6.34. The zero-order valence-corrected chi connectivity index (χ0v) is 11.2. The first-order chi connectivity index (χ1) is 10.0. The van der Waals surface area contributed by atoms with Crippen LogP contribution in [0.1, 0.15) is 16.8 Å². The van der Waals surface area contributed by atoms with Gasteiger partial charge in [-0.05, 0) is 18.6 Å². The fourth-order valence-corrected chi connectivity index (χ4v) is 2.10. The molecule has 1 aromatic carbocycles. The van der Waals surface area contributed by atoms with E-state index >= 15 is 0 Å². The number of carbonyl (C=O) groups is 2. The van der Waals surface area contributed by atoms with Crippen molar-refractivity contribution in [3.05, 3.63) is 33.9 Å². The number of amides is 2. The minimum absolute atomic E-state index is 0.0521. The van der Waals surface area contributed by atoms with Crippen molar-refractivity contribution in [3.63, 3.8) is 0 Å². The van der Waals surface area contributed by atoms with Crippen LogP contribution in [0.3, 0.4) is 0 Å². The predicted octanol–water partition coefficient (Wildman–Crippen LogP) is -0.157. The monoisotopic (exact) mass is 293 g/mol. The Morgan fingerprint density at radius 2 is 2.24 bits per heavy atom. The van der Waals surface area contributed by atoms with Gasteiger partial charge in [-0.3, -0.25) is 25.5 Å². The van der Waals surface area contributed by atoms with Gasteiger partial charge in [0.15, 0.2) is 0 Å². The molecule has 0 spiro atoms. The largest absolute Gasteiger partial charge is 0.354 e. The van der Waals surface area contributed by atoms with E-state index in [2.05, 4.69) is 10.7 Å². The number of nitrogens with one attached hydrogen (secondary N) is 2. The zero-order chi connectivity index (χ0) is 15.4. The van der Waals surface area contributed by atoms with E-state index in [0.717, 1.165) is 6.07 Å². The third-order valence-electron chi connectivity index (χ3n) is 3.15. The molecule has 0 radical (unpaired) electrons. The van der Waals surface area contributed by atoms with Crippen LogP contribution in [-0.4, -0.2) is 41.3 Å². The lowest BCUT2D eigenvalue weighted by Gasteiger charge is -2.19. The molecule has 1 aromatic rings. The summed E-state index contributed by atoms with van der Waals surface area (Å²) in [6.45, 7) is 0.880. The summed E-state index contributed by atoms with van der Waals surface area (Å²) in [6.07, 6.45) is 0.641. The van der Waals surface area contributed by atoms with Crippen LogP contribution >= 0.6 is 0 Å². The van der Waals surface area contributed by atoms with Gasteiger partial charge in [-0.1, -0.05) is 0 Å². The Labute approximate surface area is 120 Å². The highest BCUT2D eigenvalue weighted by Gasteiger charge is 2.23. The molecule has 1 saturated heterocycles. The topological polar surface area (TPSA) is 131 Å². The van der Waals surface area contributed by atoms with Gasteiger partial charge >= 0.3 is 0 Å². The van der Waals surface area contributed by atoms with Crippen LogP contribution in [-0.2, 0) is 4.79 Å². The van der Waals surface area contributed by atoms with Crippen LogP contribution in [0.4, 0.5) is 11.4 Å². The molecule has 0 bridgehead atoms. The minimum atomic E-state index is -0.624. The van der Waals surface area contributed by atoms with Gasteiger partial charge in [-0.15, -0.1) is 0 Å². The van der Waals surface area contributed by atoms with Crippen molar-refractivity contribution in [2.45, 2.75) is 6.42 Å². The Balaban J connectivity index is 2.28. The zero-order valence-electron chi connectivity index (χ0n) is 11.2. The maximum atomic E-state index is 12.3. The van der Waals surface area contributed by atoms with Crippen LogP contribution in [0.2, 0.25) is 0 Å². The number of nitrogen functional groups attached to an aromatic ring is 1. The van der Waals surface area contributed by atoms with E-state index < -0.39 is 10.8 Å². The molecule has 0 atom stereocenters. The molecule has 0 aromatic heterocycles. The van der Waals surface area contributed by atoms with Crippen molar-refractivity contribution in [2.75, 3.05) is 25.1 Å². The lowest BCUT2D eigenvalue weighted by Crippen LogP contribution is -2.37. The molecule has 0 saturated carbocycles. The molecule has 2 amide bonds. The molecule has 4 N–H and O–H groups in total. The lowest BCUT2D eigenvalue weighted by atomic mass is 10.1. The van der Waals surface area contributed by atoms with Crippen molar-refractivity contribution in [3.8, 4) is 0 Å². The summed E-state index contributed by atoms with van der Waals surface area (Å²) >= 11 is 0. The first-order valence-corrected chi connectivity index (χ1v) is 6.34. The van der Waals surface area contributed by atoms with Crippen LogP contribution < -0.4 is 16.6 Å². The Bertz CT molecular complexity index is 589. The molecule has 0 aliphatic carbocycles. The fraction of sp³-hybridized carbons (Fsp3) is 0.333. The van der Waals surface area contributed by atoms with Crippen molar-refractivity contribution in [2.24, 2.45) is 5.84 Å². The average molecular weight is 293 g/mol. The summed E-state index contributed by atoms with van der Waals surface area (Å²) in [4.78, 5) is 35.5. The van der Waals surface area contributed by atoms with Crippen molar-refractivity contribution in [1.29, 1.82) is 0 Å². The number of nitro benzene ring substituents is 1. The highest BCUT2D eigenvalue weighted by molar-refractivity contribution is 5.97. The summed E-state index contributed by atoms with van der Waals surface area (Å²) in [5.41, 5.74) is 2.18. The molecule has 9 nitrogen and oxygen atoms in total. The van der Waals surface area contributed by atoms with E-state index in [4.69, 9.17) is 5.84 Å². The minimum Gasteiger partial charge on any atom is -0.354 e. The van der Waals surface area contributed by atoms with E-state index in [1.165, 1.54) is 17.0 Å². The second-order valence-electron chi connectivity index (χ2n) is 4.56. The molecule has 1 fully saturated rings. The number of nitrogens with zero attached hydrogens (tertiary/aromatic N) is 2. The molecule has 21 heavy (non-hydrogen) atoms. The molecule has 1 aliphatic heterocycles. The maximum Gasteiger partial charge on any atom is 0.294 e. The number of rotatable bonds is 3. The fourth-order valence-electron chi connectivity index (χ4n) is 2.10. The highest BCUT2D eigenvalue weighted by atomic mass is 16.6. The number of nitro groups is 1. The number of carbonyl (C=O) groups excluding carboxylic acids is 2. The van der Waals surface area contributed by atoms with E-state index in [1.807, 2.05) is 0 Å². The molecular weight excluding hydrogens is 278 g/mol. The van der Waals surface area contributed by atoms with Crippen molar-refractivity contribution < 1.29 is 14.5 Å². The number of benzene rings is 1. The summed E-state index contributed by atoms with van der Waals surface area (Å²) in [5.74, 6) is 4.54. The van der Waals surface area contributed by atoms with E-state index in [1.54, 1.807) is 0 Å². The first kappa shape index (κ1) is 14.7. The Morgan fingerprint density at radius 3 is 2.90 bits per heavy atom. The highest BCUT2D eigenvalue weighted by Crippen LogP contribution is 2.25. The molecular formula is C12H15N5O4. The molecule has 112 valence electrons. The SMILES string of the molecule is NNc1ccc(C(=O)N2CCCNC(=O)C2)cc1[N+](=O)[O-]. The van der Waals surface area contributed by atoms with Crippen molar-refractivity contribution in [1.82, 2.24) is 10.2 Å². The summed E-state index contributed by atoms with van der Waals surface area (Å²) in [7, 11) is 0. The number of hydrogen-bond acceptors (Lipinski definition) is 6. The summed E-state index contributed by atoms with van der Waals surface area (Å²) < 4.78 is 0. The van der Waals surface area contributed by atoms with Gasteiger partial charge in [-0.2, -0.15) is 0 Å². The van der Waals surface area contributed by atoms with Crippen LogP contribution in [0.25, 0.3) is 0 Å². The van der Waals surface area contributed by atoms with Crippen LogP contribution in [0, 0.1) is 10.1 Å². The van der Waals surface area contributed by atoms with E-state index in [9.17, 15) is 19.7 Å². The van der Waals surface area contributed by atoms with Gasteiger partial charge < -0.3 is 15.6 Å². The third-order valence-corrected chi connectivity index (χ3v) is 3.15. The number of hydrogen-bond donors (Lipinski definition) is 3. The lowest BCUT2D eigenvalue weighted by molar-refractivity contribution is -0.384. The van der Waals surface area contributed by atoms with E-state index in [-0.39, 0.29) is 29.4 Å². The van der Waals surface area contributed by atoms with Gasteiger partial charge in [0.1, 0.15) is 5.69 Å². The molecule has 9 heteroatoms.